The van der Waals surface area contributed by atoms with Crippen molar-refractivity contribution in [2.24, 2.45) is 0 Å². The molecule has 1 saturated heterocycles. The lowest BCUT2D eigenvalue weighted by Gasteiger charge is -2.48. The number of nitrogens with zero attached hydrogens (tertiary/aromatic N) is 4. The van der Waals surface area contributed by atoms with Crippen molar-refractivity contribution >= 4 is 17.7 Å². The summed E-state index contributed by atoms with van der Waals surface area (Å²) in [5.41, 5.74) is 0.0816. The molecule has 9 heteroatoms. The van der Waals surface area contributed by atoms with Gasteiger partial charge in [-0.05, 0) is 31.9 Å². The molecule has 0 bridgehead atoms. The fourth-order valence-electron chi connectivity index (χ4n) is 4.57. The summed E-state index contributed by atoms with van der Waals surface area (Å²) in [4.78, 5) is 15.2. The van der Waals surface area contributed by atoms with Crippen LogP contribution in [0.4, 0.5) is 0 Å². The van der Waals surface area contributed by atoms with E-state index in [-0.39, 0.29) is 11.4 Å². The van der Waals surface area contributed by atoms with Crippen LogP contribution >= 0.6 is 11.8 Å². The minimum Gasteiger partial charge on any atom is -0.461 e. The highest BCUT2D eigenvalue weighted by Crippen LogP contribution is 2.34. The van der Waals surface area contributed by atoms with E-state index in [2.05, 4.69) is 20.4 Å². The van der Waals surface area contributed by atoms with Gasteiger partial charge in [-0.3, -0.25) is 14.3 Å². The van der Waals surface area contributed by atoms with Crippen molar-refractivity contribution in [2.75, 3.05) is 38.6 Å². The molecule has 0 unspecified atom stereocenters. The predicted octanol–water partition coefficient (Wildman–Crippen LogP) is 2.80. The highest BCUT2D eigenvalue weighted by Gasteiger charge is 2.38. The second kappa shape index (κ2) is 9.98. The first-order valence-electron chi connectivity index (χ1n) is 10.9. The molecule has 3 heterocycles. The molecule has 2 fully saturated rings. The Bertz CT molecular complexity index is 811. The molecule has 0 radical (unpaired) electrons. The van der Waals surface area contributed by atoms with Gasteiger partial charge in [-0.15, -0.1) is 10.2 Å². The van der Waals surface area contributed by atoms with Crippen LogP contribution in [0.1, 0.15) is 39.0 Å². The number of furan rings is 1. The molecule has 1 N–H and O–H groups in total. The Balaban J connectivity index is 1.34. The molecule has 8 nitrogen and oxygen atoms in total. The van der Waals surface area contributed by atoms with Crippen molar-refractivity contribution in [1.29, 1.82) is 0 Å². The monoisotopic (exact) mass is 433 g/mol. The van der Waals surface area contributed by atoms with Crippen LogP contribution in [0, 0.1) is 0 Å². The normalized spacial score (nSPS) is 19.6. The molecule has 1 amide bonds. The van der Waals surface area contributed by atoms with E-state index >= 15 is 0 Å². The highest BCUT2D eigenvalue weighted by molar-refractivity contribution is 7.99. The van der Waals surface area contributed by atoms with Crippen molar-refractivity contribution < 1.29 is 13.9 Å². The maximum atomic E-state index is 12.7. The summed E-state index contributed by atoms with van der Waals surface area (Å²) >= 11 is 1.42. The summed E-state index contributed by atoms with van der Waals surface area (Å²) in [6.07, 6.45) is 7.68. The van der Waals surface area contributed by atoms with Crippen molar-refractivity contribution in [3.8, 4) is 11.6 Å². The van der Waals surface area contributed by atoms with E-state index in [1.54, 1.807) is 6.26 Å². The van der Waals surface area contributed by atoms with E-state index in [9.17, 15) is 4.79 Å². The Morgan fingerprint density at radius 3 is 2.73 bits per heavy atom. The number of hydrogen-bond acceptors (Lipinski definition) is 7. The van der Waals surface area contributed by atoms with Gasteiger partial charge < -0.3 is 14.5 Å². The SMILES string of the molecule is CCn1c(SCC(=O)NCC2(N3CCOCC3)CCCCC2)nnc1-c1ccco1. The molecule has 0 atom stereocenters. The predicted molar refractivity (Wildman–Crippen MR) is 115 cm³/mol. The molecule has 2 aliphatic rings. The lowest BCUT2D eigenvalue weighted by Crippen LogP contribution is -2.59. The van der Waals surface area contributed by atoms with Crippen LogP contribution in [0.15, 0.2) is 28.0 Å². The van der Waals surface area contributed by atoms with Gasteiger partial charge in [0.15, 0.2) is 16.7 Å². The molecule has 1 aliphatic carbocycles. The average Bonchev–Trinajstić information content (AvgIpc) is 3.47. The molecule has 4 rings (SSSR count). The summed E-state index contributed by atoms with van der Waals surface area (Å²) < 4.78 is 13.0. The summed E-state index contributed by atoms with van der Waals surface area (Å²) in [5.74, 6) is 1.75. The van der Waals surface area contributed by atoms with Gasteiger partial charge in [0.25, 0.3) is 0 Å². The van der Waals surface area contributed by atoms with E-state index < -0.39 is 0 Å². The summed E-state index contributed by atoms with van der Waals surface area (Å²) in [6.45, 7) is 6.96. The van der Waals surface area contributed by atoms with Crippen LogP contribution in [0.5, 0.6) is 0 Å². The van der Waals surface area contributed by atoms with Crippen LogP contribution in [-0.2, 0) is 16.1 Å². The van der Waals surface area contributed by atoms with E-state index in [4.69, 9.17) is 9.15 Å². The number of aromatic nitrogens is 3. The Morgan fingerprint density at radius 2 is 2.03 bits per heavy atom. The zero-order chi connectivity index (χ0) is 20.8. The third kappa shape index (κ3) is 4.73. The van der Waals surface area contributed by atoms with Crippen LogP contribution < -0.4 is 5.32 Å². The molecule has 0 spiro atoms. The van der Waals surface area contributed by atoms with Crippen LogP contribution in [-0.4, -0.2) is 69.7 Å². The Hall–Kier alpha value is -1.84. The van der Waals surface area contributed by atoms with Gasteiger partial charge in [-0.1, -0.05) is 31.0 Å². The third-order valence-electron chi connectivity index (χ3n) is 6.19. The van der Waals surface area contributed by atoms with E-state index in [1.807, 2.05) is 23.6 Å². The fourth-order valence-corrected chi connectivity index (χ4v) is 5.40. The van der Waals surface area contributed by atoms with Crippen LogP contribution in [0.2, 0.25) is 0 Å². The molecule has 164 valence electrons. The smallest absolute Gasteiger partial charge is 0.230 e. The Kier molecular flexibility index (Phi) is 7.12. The largest absolute Gasteiger partial charge is 0.461 e. The first-order chi connectivity index (χ1) is 14.7. The second-order valence-corrected chi connectivity index (χ2v) is 8.92. The molecule has 30 heavy (non-hydrogen) atoms. The lowest BCUT2D eigenvalue weighted by atomic mass is 9.79. The van der Waals surface area contributed by atoms with Crippen molar-refractivity contribution in [1.82, 2.24) is 25.0 Å². The van der Waals surface area contributed by atoms with Gasteiger partial charge in [-0.25, -0.2) is 0 Å². The average molecular weight is 434 g/mol. The van der Waals surface area contributed by atoms with Gasteiger partial charge in [0.2, 0.25) is 5.91 Å². The Labute approximate surface area is 181 Å². The maximum Gasteiger partial charge on any atom is 0.230 e. The summed E-state index contributed by atoms with van der Waals surface area (Å²) in [7, 11) is 0. The number of thioether (sulfide) groups is 1. The third-order valence-corrected chi connectivity index (χ3v) is 7.15. The number of amides is 1. The number of carbonyl (C=O) groups excluding carboxylic acids is 1. The Morgan fingerprint density at radius 1 is 1.23 bits per heavy atom. The van der Waals surface area contributed by atoms with E-state index in [0.717, 1.165) is 44.3 Å². The first-order valence-corrected chi connectivity index (χ1v) is 11.9. The zero-order valence-corrected chi connectivity index (χ0v) is 18.5. The lowest BCUT2D eigenvalue weighted by molar-refractivity contribution is -0.119. The van der Waals surface area contributed by atoms with E-state index in [0.29, 0.717) is 30.4 Å². The standard InChI is InChI=1S/C21H31N5O3S/c1-2-26-19(17-7-6-12-29-17)23-24-20(26)30-15-18(27)22-16-21(8-4-3-5-9-21)25-10-13-28-14-11-25/h6-7,12H,2-5,8-11,13-16H2,1H3,(H,22,27). The van der Waals surface area contributed by atoms with Crippen molar-refractivity contribution in [3.63, 3.8) is 0 Å². The maximum absolute atomic E-state index is 12.7. The van der Waals surface area contributed by atoms with Gasteiger partial charge in [0.1, 0.15) is 0 Å². The molecular weight excluding hydrogens is 402 g/mol. The minimum atomic E-state index is 0.0448. The number of morpholine rings is 1. The molecular formula is C21H31N5O3S. The zero-order valence-electron chi connectivity index (χ0n) is 17.6. The summed E-state index contributed by atoms with van der Waals surface area (Å²) in [6, 6.07) is 3.70. The summed E-state index contributed by atoms with van der Waals surface area (Å²) in [5, 5.41) is 12.5. The van der Waals surface area contributed by atoms with Gasteiger partial charge in [0, 0.05) is 31.7 Å². The molecule has 2 aromatic heterocycles. The van der Waals surface area contributed by atoms with Gasteiger partial charge in [0.05, 0.1) is 25.2 Å². The second-order valence-electron chi connectivity index (χ2n) is 7.98. The molecule has 1 aliphatic heterocycles. The molecule has 1 saturated carbocycles. The van der Waals surface area contributed by atoms with Gasteiger partial charge in [-0.2, -0.15) is 0 Å². The first kappa shape index (κ1) is 21.4. The topological polar surface area (TPSA) is 85.4 Å². The molecule has 2 aromatic rings. The van der Waals surface area contributed by atoms with Crippen LogP contribution in [0.3, 0.4) is 0 Å². The fraction of sp³-hybridized carbons (Fsp3) is 0.667. The number of rotatable bonds is 8. The number of nitrogens with one attached hydrogen (secondary N) is 1. The number of ether oxygens (including phenoxy) is 1. The van der Waals surface area contributed by atoms with Crippen LogP contribution in [0.25, 0.3) is 11.6 Å². The number of carbonyl (C=O) groups is 1. The van der Waals surface area contributed by atoms with Crippen molar-refractivity contribution in [3.05, 3.63) is 18.4 Å². The van der Waals surface area contributed by atoms with Gasteiger partial charge >= 0.3 is 0 Å². The number of hydrogen-bond donors (Lipinski definition) is 1. The van der Waals surface area contributed by atoms with E-state index in [1.165, 1.54) is 31.0 Å². The quantitative estimate of drug-likeness (QED) is 0.641. The van der Waals surface area contributed by atoms with Crippen molar-refractivity contribution in [2.45, 2.75) is 56.3 Å². The highest BCUT2D eigenvalue weighted by atomic mass is 32.2. The molecule has 0 aromatic carbocycles. The minimum absolute atomic E-state index is 0.0448.